The summed E-state index contributed by atoms with van der Waals surface area (Å²) >= 11 is 0. The minimum atomic E-state index is -0.291. The third-order valence-corrected chi connectivity index (χ3v) is 3.91. The number of nitrogens with zero attached hydrogens (tertiary/aromatic N) is 1. The molecule has 3 N–H and O–H groups in total. The lowest BCUT2D eigenvalue weighted by Gasteiger charge is -2.12. The first-order chi connectivity index (χ1) is 14.0. The third-order valence-electron chi connectivity index (χ3n) is 3.91. The van der Waals surface area contributed by atoms with Gasteiger partial charge in [0, 0.05) is 24.5 Å². The van der Waals surface area contributed by atoms with E-state index in [4.69, 9.17) is 4.74 Å². The first-order valence-electron chi connectivity index (χ1n) is 9.18. The summed E-state index contributed by atoms with van der Waals surface area (Å²) in [6.45, 7) is 3.85. The average Bonchev–Trinajstić information content (AvgIpc) is 2.69. The molecule has 0 aliphatic rings. The van der Waals surface area contributed by atoms with E-state index in [1.54, 1.807) is 36.5 Å². The summed E-state index contributed by atoms with van der Waals surface area (Å²) in [6.07, 6.45) is 3.12. The van der Waals surface area contributed by atoms with Crippen LogP contribution in [0.1, 0.15) is 24.2 Å². The zero-order chi connectivity index (χ0) is 20.6. The van der Waals surface area contributed by atoms with Gasteiger partial charge >= 0.3 is 0 Å². The van der Waals surface area contributed by atoms with Crippen LogP contribution in [-0.4, -0.2) is 23.4 Å². The summed E-state index contributed by atoms with van der Waals surface area (Å²) in [5.41, 5.74) is 3.09. The molecule has 1 aromatic heterocycles. The van der Waals surface area contributed by atoms with Crippen molar-refractivity contribution in [2.24, 2.45) is 0 Å². The summed E-state index contributed by atoms with van der Waals surface area (Å²) in [5, 5.41) is 8.78. The highest BCUT2D eigenvalue weighted by molar-refractivity contribution is 6.05. The Balaban J connectivity index is 1.74. The van der Waals surface area contributed by atoms with Crippen molar-refractivity contribution in [1.29, 1.82) is 0 Å². The third kappa shape index (κ3) is 5.55. The smallest absolute Gasteiger partial charge is 0.257 e. The van der Waals surface area contributed by atoms with Crippen molar-refractivity contribution < 1.29 is 14.3 Å². The van der Waals surface area contributed by atoms with Gasteiger partial charge in [-0.2, -0.15) is 0 Å². The fourth-order valence-corrected chi connectivity index (χ4v) is 2.72. The molecule has 2 aromatic carbocycles. The number of benzene rings is 2. The number of hydrogen-bond donors (Lipinski definition) is 3. The Bertz CT molecular complexity index is 1020. The van der Waals surface area contributed by atoms with Crippen molar-refractivity contribution in [2.75, 3.05) is 22.6 Å². The summed E-state index contributed by atoms with van der Waals surface area (Å²) in [7, 11) is 0. The second-order valence-electron chi connectivity index (χ2n) is 6.23. The highest BCUT2D eigenvalue weighted by Crippen LogP contribution is 2.25. The van der Waals surface area contributed by atoms with Crippen molar-refractivity contribution >= 4 is 34.6 Å². The van der Waals surface area contributed by atoms with E-state index < -0.39 is 0 Å². The lowest BCUT2D eigenvalue weighted by atomic mass is 10.2. The highest BCUT2D eigenvalue weighted by atomic mass is 16.5. The summed E-state index contributed by atoms with van der Waals surface area (Å²) in [5.74, 6) is 0.176. The largest absolute Gasteiger partial charge is 0.492 e. The summed E-state index contributed by atoms with van der Waals surface area (Å²) in [6, 6.07) is 16.2. The Morgan fingerprint density at radius 1 is 0.931 bits per heavy atom. The van der Waals surface area contributed by atoms with Crippen molar-refractivity contribution in [1.82, 2.24) is 4.98 Å². The first-order valence-corrected chi connectivity index (χ1v) is 9.18. The molecule has 3 aromatic rings. The van der Waals surface area contributed by atoms with Crippen LogP contribution in [-0.2, 0) is 4.79 Å². The van der Waals surface area contributed by atoms with Crippen LogP contribution in [0.25, 0.3) is 0 Å². The van der Waals surface area contributed by atoms with Crippen LogP contribution in [0.2, 0.25) is 0 Å². The number of nitrogens with one attached hydrogen (secondary N) is 3. The van der Waals surface area contributed by atoms with Gasteiger partial charge in [0.1, 0.15) is 5.75 Å². The Hall–Kier alpha value is -3.87. The van der Waals surface area contributed by atoms with Crippen LogP contribution in [0.4, 0.5) is 22.7 Å². The lowest BCUT2D eigenvalue weighted by Crippen LogP contribution is -2.13. The van der Waals surface area contributed by atoms with E-state index in [-0.39, 0.29) is 11.8 Å². The molecule has 0 radical (unpaired) electrons. The minimum absolute atomic E-state index is 0.144. The van der Waals surface area contributed by atoms with Crippen LogP contribution in [0.5, 0.6) is 5.75 Å². The molecule has 0 unspecified atom stereocenters. The van der Waals surface area contributed by atoms with Crippen LogP contribution < -0.4 is 20.7 Å². The number of amides is 2. The zero-order valence-electron chi connectivity index (χ0n) is 16.2. The molecule has 0 aliphatic heterocycles. The fraction of sp³-hybridized carbons (Fsp3) is 0.136. The van der Waals surface area contributed by atoms with Gasteiger partial charge in [-0.1, -0.05) is 18.2 Å². The van der Waals surface area contributed by atoms with E-state index in [9.17, 15) is 9.59 Å². The van der Waals surface area contributed by atoms with E-state index in [0.29, 0.717) is 35.0 Å². The predicted molar refractivity (Wildman–Crippen MR) is 114 cm³/mol. The van der Waals surface area contributed by atoms with Crippen LogP contribution in [0.15, 0.2) is 67.0 Å². The Labute approximate surface area is 169 Å². The Morgan fingerprint density at radius 2 is 1.72 bits per heavy atom. The Morgan fingerprint density at radius 3 is 2.52 bits per heavy atom. The fourth-order valence-electron chi connectivity index (χ4n) is 2.72. The molecular weight excluding hydrogens is 368 g/mol. The van der Waals surface area contributed by atoms with Gasteiger partial charge < -0.3 is 20.7 Å². The van der Waals surface area contributed by atoms with Crippen molar-refractivity contribution in [3.8, 4) is 5.75 Å². The van der Waals surface area contributed by atoms with Gasteiger partial charge in [0.15, 0.2) is 0 Å². The number of anilines is 4. The predicted octanol–water partition coefficient (Wildman–Crippen LogP) is 4.43. The molecule has 0 bridgehead atoms. The van der Waals surface area contributed by atoms with E-state index in [1.165, 1.54) is 13.1 Å². The zero-order valence-corrected chi connectivity index (χ0v) is 16.2. The van der Waals surface area contributed by atoms with E-state index in [0.717, 1.165) is 5.69 Å². The number of para-hydroxylation sites is 2. The van der Waals surface area contributed by atoms with Gasteiger partial charge in [0.05, 0.1) is 29.7 Å². The number of pyridine rings is 1. The normalized spacial score (nSPS) is 10.1. The number of hydrogen-bond acceptors (Lipinski definition) is 5. The molecule has 0 atom stereocenters. The molecule has 0 fully saturated rings. The monoisotopic (exact) mass is 390 g/mol. The molecule has 148 valence electrons. The van der Waals surface area contributed by atoms with Gasteiger partial charge in [0.2, 0.25) is 5.91 Å². The molecule has 0 aliphatic carbocycles. The molecule has 2 amide bonds. The maximum Gasteiger partial charge on any atom is 0.257 e. The van der Waals surface area contributed by atoms with Crippen molar-refractivity contribution in [2.45, 2.75) is 13.8 Å². The molecule has 29 heavy (non-hydrogen) atoms. The van der Waals surface area contributed by atoms with Gasteiger partial charge in [-0.05, 0) is 43.3 Å². The average molecular weight is 390 g/mol. The lowest BCUT2D eigenvalue weighted by molar-refractivity contribution is -0.114. The second kappa shape index (κ2) is 9.36. The molecule has 0 spiro atoms. The van der Waals surface area contributed by atoms with Crippen molar-refractivity contribution in [3.05, 3.63) is 72.6 Å². The van der Waals surface area contributed by atoms with Crippen LogP contribution in [0, 0.1) is 0 Å². The van der Waals surface area contributed by atoms with Gasteiger partial charge in [0.25, 0.3) is 5.91 Å². The second-order valence-corrected chi connectivity index (χ2v) is 6.23. The first kappa shape index (κ1) is 19.9. The maximum atomic E-state index is 12.7. The molecule has 0 saturated heterocycles. The molecule has 3 rings (SSSR count). The summed E-state index contributed by atoms with van der Waals surface area (Å²) in [4.78, 5) is 28.0. The standard InChI is InChI=1S/C22H22N4O3/c1-3-29-21-10-5-4-9-20(21)26-22(28)16-11-19(14-23-13-16)25-18-8-6-7-17(12-18)24-15(2)27/h4-14,25H,3H2,1-2H3,(H,24,27)(H,26,28). The highest BCUT2D eigenvalue weighted by Gasteiger charge is 2.11. The number of aromatic nitrogens is 1. The van der Waals surface area contributed by atoms with Crippen LogP contribution >= 0.6 is 0 Å². The van der Waals surface area contributed by atoms with Crippen molar-refractivity contribution in [3.63, 3.8) is 0 Å². The maximum absolute atomic E-state index is 12.7. The van der Waals surface area contributed by atoms with Gasteiger partial charge in [-0.25, -0.2) is 0 Å². The van der Waals surface area contributed by atoms with Gasteiger partial charge in [-0.15, -0.1) is 0 Å². The number of carbonyl (C=O) groups excluding carboxylic acids is 2. The number of carbonyl (C=O) groups is 2. The number of ether oxygens (including phenoxy) is 1. The summed E-state index contributed by atoms with van der Waals surface area (Å²) < 4.78 is 5.54. The quantitative estimate of drug-likeness (QED) is 0.555. The van der Waals surface area contributed by atoms with Gasteiger partial charge in [-0.3, -0.25) is 14.6 Å². The van der Waals surface area contributed by atoms with E-state index in [2.05, 4.69) is 20.9 Å². The van der Waals surface area contributed by atoms with E-state index >= 15 is 0 Å². The number of rotatable bonds is 7. The Kier molecular flexibility index (Phi) is 6.42. The SMILES string of the molecule is CCOc1ccccc1NC(=O)c1cncc(Nc2cccc(NC(C)=O)c2)c1. The molecule has 0 saturated carbocycles. The van der Waals surface area contributed by atoms with E-state index in [1.807, 2.05) is 31.2 Å². The molecule has 1 heterocycles. The van der Waals surface area contributed by atoms with Crippen LogP contribution in [0.3, 0.4) is 0 Å². The topological polar surface area (TPSA) is 92.3 Å². The molecular formula is C22H22N4O3. The molecule has 7 heteroatoms. The molecule has 7 nitrogen and oxygen atoms in total. The minimum Gasteiger partial charge on any atom is -0.492 e.